The number of halogens is 1. The van der Waals surface area contributed by atoms with Crippen molar-refractivity contribution in [2.75, 3.05) is 6.54 Å². The molecule has 0 aliphatic carbocycles. The zero-order valence-electron chi connectivity index (χ0n) is 15.2. The van der Waals surface area contributed by atoms with Gasteiger partial charge in [-0.1, -0.05) is 58.4 Å². The van der Waals surface area contributed by atoms with E-state index in [1.54, 1.807) is 4.90 Å². The molecule has 5 heteroatoms. The average Bonchev–Trinajstić information content (AvgIpc) is 2.91. The molecule has 1 amide bonds. The molecule has 0 spiro atoms. The van der Waals surface area contributed by atoms with Gasteiger partial charge in [0.05, 0.1) is 11.6 Å². The third-order valence-corrected chi connectivity index (χ3v) is 5.35. The molecule has 0 radical (unpaired) electrons. The van der Waals surface area contributed by atoms with E-state index in [0.717, 1.165) is 29.3 Å². The maximum Gasteiger partial charge on any atom is 0.290 e. The summed E-state index contributed by atoms with van der Waals surface area (Å²) in [6, 6.07) is 17.2. The van der Waals surface area contributed by atoms with Crippen molar-refractivity contribution < 1.29 is 14.7 Å². The highest BCUT2D eigenvalue weighted by molar-refractivity contribution is 9.10. The molecular weight excluding hydrogens is 406 g/mol. The standard InChI is InChI=1S/C22H22BrNO3/c1-15(25)19-20(17-10-12-18(23)13-11-17)24(22(27)21(19)26)14-6-5-9-16-7-3-2-4-8-16/h2-4,7-8,10-13,20,26H,5-6,9,14H2,1H3. The molecule has 2 aromatic carbocycles. The van der Waals surface area contributed by atoms with Crippen molar-refractivity contribution in [3.8, 4) is 0 Å². The van der Waals surface area contributed by atoms with Crippen LogP contribution in [-0.2, 0) is 16.0 Å². The summed E-state index contributed by atoms with van der Waals surface area (Å²) in [6.45, 7) is 1.89. The normalized spacial score (nSPS) is 16.9. The predicted molar refractivity (Wildman–Crippen MR) is 108 cm³/mol. The lowest BCUT2D eigenvalue weighted by atomic mass is 9.96. The van der Waals surface area contributed by atoms with Gasteiger partial charge in [0.1, 0.15) is 0 Å². The van der Waals surface area contributed by atoms with Crippen LogP contribution in [0.5, 0.6) is 0 Å². The fourth-order valence-corrected chi connectivity index (χ4v) is 3.76. The number of carbonyl (C=O) groups is 2. The summed E-state index contributed by atoms with van der Waals surface area (Å²) in [4.78, 5) is 26.3. The topological polar surface area (TPSA) is 57.6 Å². The van der Waals surface area contributed by atoms with Gasteiger partial charge in [-0.25, -0.2) is 0 Å². The van der Waals surface area contributed by atoms with Gasteiger partial charge in [0.25, 0.3) is 5.91 Å². The van der Waals surface area contributed by atoms with E-state index in [4.69, 9.17) is 0 Å². The third kappa shape index (κ3) is 4.30. The molecule has 1 aliphatic heterocycles. The molecule has 1 atom stereocenters. The molecule has 3 rings (SSSR count). The molecule has 0 saturated carbocycles. The Morgan fingerprint density at radius 3 is 2.37 bits per heavy atom. The molecule has 0 saturated heterocycles. The van der Waals surface area contributed by atoms with Gasteiger partial charge in [0, 0.05) is 11.0 Å². The van der Waals surface area contributed by atoms with Crippen LogP contribution < -0.4 is 0 Å². The third-order valence-electron chi connectivity index (χ3n) is 4.83. The van der Waals surface area contributed by atoms with Crippen molar-refractivity contribution >= 4 is 27.6 Å². The Morgan fingerprint density at radius 2 is 1.74 bits per heavy atom. The van der Waals surface area contributed by atoms with Crippen LogP contribution in [-0.4, -0.2) is 28.2 Å². The van der Waals surface area contributed by atoms with Crippen LogP contribution in [0.4, 0.5) is 0 Å². The van der Waals surface area contributed by atoms with Crippen LogP contribution in [0.2, 0.25) is 0 Å². The van der Waals surface area contributed by atoms with Crippen LogP contribution in [0, 0.1) is 0 Å². The number of hydrogen-bond donors (Lipinski definition) is 1. The van der Waals surface area contributed by atoms with Crippen molar-refractivity contribution in [1.29, 1.82) is 0 Å². The van der Waals surface area contributed by atoms with Crippen LogP contribution in [0.1, 0.15) is 36.9 Å². The SMILES string of the molecule is CC(=O)C1=C(O)C(=O)N(CCCCc2ccccc2)C1c1ccc(Br)cc1. The maximum absolute atomic E-state index is 12.6. The fraction of sp³-hybridized carbons (Fsp3) is 0.273. The molecule has 1 N–H and O–H groups in total. The van der Waals surface area contributed by atoms with E-state index >= 15 is 0 Å². The number of aliphatic hydroxyl groups is 1. The molecule has 1 unspecified atom stereocenters. The van der Waals surface area contributed by atoms with Gasteiger partial charge in [-0.15, -0.1) is 0 Å². The summed E-state index contributed by atoms with van der Waals surface area (Å²) < 4.78 is 0.919. The summed E-state index contributed by atoms with van der Waals surface area (Å²) >= 11 is 3.40. The number of amides is 1. The van der Waals surface area contributed by atoms with E-state index < -0.39 is 17.7 Å². The minimum Gasteiger partial charge on any atom is -0.503 e. The van der Waals surface area contributed by atoms with Gasteiger partial charge in [0.2, 0.25) is 0 Å². The molecule has 140 valence electrons. The molecule has 4 nitrogen and oxygen atoms in total. The number of hydrogen-bond acceptors (Lipinski definition) is 3. The number of nitrogens with zero attached hydrogens (tertiary/aromatic N) is 1. The molecule has 0 bridgehead atoms. The van der Waals surface area contributed by atoms with Crippen LogP contribution in [0.25, 0.3) is 0 Å². The fourth-order valence-electron chi connectivity index (χ4n) is 3.49. The highest BCUT2D eigenvalue weighted by Crippen LogP contribution is 2.38. The Bertz CT molecular complexity index is 859. The summed E-state index contributed by atoms with van der Waals surface area (Å²) in [5.74, 6) is -1.16. The monoisotopic (exact) mass is 427 g/mol. The van der Waals surface area contributed by atoms with E-state index in [-0.39, 0.29) is 11.4 Å². The highest BCUT2D eigenvalue weighted by atomic mass is 79.9. The number of rotatable bonds is 7. The number of Topliss-reactive ketones (excluding diaryl/α,β-unsaturated/α-hetero) is 1. The first-order valence-corrected chi connectivity index (χ1v) is 9.82. The molecule has 2 aromatic rings. The van der Waals surface area contributed by atoms with Crippen molar-refractivity contribution in [2.24, 2.45) is 0 Å². The van der Waals surface area contributed by atoms with Crippen LogP contribution >= 0.6 is 15.9 Å². The lowest BCUT2D eigenvalue weighted by Gasteiger charge is -2.26. The molecule has 1 heterocycles. The Labute approximate surface area is 167 Å². The largest absolute Gasteiger partial charge is 0.503 e. The second-order valence-electron chi connectivity index (χ2n) is 6.71. The quantitative estimate of drug-likeness (QED) is 0.648. The van der Waals surface area contributed by atoms with Gasteiger partial charge >= 0.3 is 0 Å². The summed E-state index contributed by atoms with van der Waals surface area (Å²) in [5.41, 5.74) is 2.27. The lowest BCUT2D eigenvalue weighted by Crippen LogP contribution is -2.32. The first-order chi connectivity index (χ1) is 13.0. The number of benzene rings is 2. The van der Waals surface area contributed by atoms with Gasteiger partial charge < -0.3 is 10.0 Å². The van der Waals surface area contributed by atoms with Gasteiger partial charge in [-0.05, 0) is 49.4 Å². The van der Waals surface area contributed by atoms with Gasteiger partial charge in [-0.2, -0.15) is 0 Å². The molecule has 0 aromatic heterocycles. The number of carbonyl (C=O) groups excluding carboxylic acids is 2. The predicted octanol–water partition coefficient (Wildman–Crippen LogP) is 4.76. The zero-order chi connectivity index (χ0) is 19.4. The van der Waals surface area contributed by atoms with Gasteiger partial charge in [0.15, 0.2) is 11.5 Å². The number of aliphatic hydroxyl groups excluding tert-OH is 1. The maximum atomic E-state index is 12.6. The van der Waals surface area contributed by atoms with E-state index in [9.17, 15) is 14.7 Å². The van der Waals surface area contributed by atoms with Crippen molar-refractivity contribution in [1.82, 2.24) is 4.90 Å². The second kappa shape index (κ2) is 8.53. The Kier molecular flexibility index (Phi) is 6.11. The van der Waals surface area contributed by atoms with E-state index in [0.29, 0.717) is 6.54 Å². The number of aryl methyl sites for hydroxylation is 1. The van der Waals surface area contributed by atoms with E-state index in [2.05, 4.69) is 28.1 Å². The van der Waals surface area contributed by atoms with Crippen LogP contribution in [0.15, 0.2) is 70.4 Å². The van der Waals surface area contributed by atoms with E-state index in [1.807, 2.05) is 42.5 Å². The molecule has 0 fully saturated rings. The first kappa shape index (κ1) is 19.4. The number of unbranched alkanes of at least 4 members (excludes halogenated alkanes) is 1. The van der Waals surface area contributed by atoms with Crippen molar-refractivity contribution in [3.05, 3.63) is 81.5 Å². The number of ketones is 1. The molecule has 27 heavy (non-hydrogen) atoms. The highest BCUT2D eigenvalue weighted by Gasteiger charge is 2.41. The summed E-state index contributed by atoms with van der Waals surface area (Å²) in [5, 5.41) is 10.3. The Morgan fingerprint density at radius 1 is 1.07 bits per heavy atom. The van der Waals surface area contributed by atoms with Gasteiger partial charge in [-0.3, -0.25) is 9.59 Å². The first-order valence-electron chi connectivity index (χ1n) is 9.03. The smallest absolute Gasteiger partial charge is 0.290 e. The van der Waals surface area contributed by atoms with Crippen LogP contribution in [0.3, 0.4) is 0 Å². The second-order valence-corrected chi connectivity index (χ2v) is 7.63. The van der Waals surface area contributed by atoms with Crippen molar-refractivity contribution in [2.45, 2.75) is 32.2 Å². The lowest BCUT2D eigenvalue weighted by molar-refractivity contribution is -0.129. The minimum atomic E-state index is -0.528. The Hall–Kier alpha value is -2.40. The van der Waals surface area contributed by atoms with E-state index in [1.165, 1.54) is 12.5 Å². The molecular formula is C22H22BrNO3. The average molecular weight is 428 g/mol. The Balaban J connectivity index is 1.74. The summed E-state index contributed by atoms with van der Waals surface area (Å²) in [7, 11) is 0. The summed E-state index contributed by atoms with van der Waals surface area (Å²) in [6.07, 6.45) is 2.66. The zero-order valence-corrected chi connectivity index (χ0v) is 16.8. The minimum absolute atomic E-state index is 0.186. The molecule has 1 aliphatic rings. The van der Waals surface area contributed by atoms with Crippen molar-refractivity contribution in [3.63, 3.8) is 0 Å².